The van der Waals surface area contributed by atoms with E-state index in [-0.39, 0.29) is 5.25 Å². The van der Waals surface area contributed by atoms with E-state index in [0.29, 0.717) is 4.90 Å². The van der Waals surface area contributed by atoms with Crippen molar-refractivity contribution in [3.63, 3.8) is 0 Å². The van der Waals surface area contributed by atoms with Gasteiger partial charge in [-0.25, -0.2) is 8.42 Å². The Kier molecular flexibility index (Phi) is 2.38. The summed E-state index contributed by atoms with van der Waals surface area (Å²) in [4.78, 5) is 0.565. The van der Waals surface area contributed by atoms with Gasteiger partial charge in [0, 0.05) is 0 Å². The molecule has 1 fully saturated rings. The van der Waals surface area contributed by atoms with Gasteiger partial charge in [0.2, 0.25) is 0 Å². The highest BCUT2D eigenvalue weighted by Crippen LogP contribution is 2.36. The van der Waals surface area contributed by atoms with Gasteiger partial charge >= 0.3 is 0 Å². The second kappa shape index (κ2) is 3.34. The lowest BCUT2D eigenvalue weighted by atomic mass is 10.1. The number of aryl methyl sites for hydroxylation is 3. The Balaban J connectivity index is 2.62. The fraction of sp³-hybridized carbons (Fsp3) is 0.500. The molecule has 3 heteroatoms. The summed E-state index contributed by atoms with van der Waals surface area (Å²) < 4.78 is 24.3. The van der Waals surface area contributed by atoms with Crippen LogP contribution in [-0.4, -0.2) is 13.7 Å². The van der Waals surface area contributed by atoms with Crippen LogP contribution in [0.15, 0.2) is 17.0 Å². The first kappa shape index (κ1) is 10.7. The molecule has 0 radical (unpaired) electrons. The molecule has 2 nitrogen and oxygen atoms in total. The minimum Gasteiger partial charge on any atom is -0.223 e. The van der Waals surface area contributed by atoms with Crippen molar-refractivity contribution in [3.8, 4) is 0 Å². The zero-order valence-electron chi connectivity index (χ0n) is 9.37. The summed E-state index contributed by atoms with van der Waals surface area (Å²) in [5.74, 6) is 0. The van der Waals surface area contributed by atoms with Crippen LogP contribution in [-0.2, 0) is 9.84 Å². The van der Waals surface area contributed by atoms with E-state index in [1.807, 2.05) is 32.9 Å². The molecule has 0 atom stereocenters. The molecule has 0 aliphatic heterocycles. The highest BCUT2D eigenvalue weighted by atomic mass is 32.2. The van der Waals surface area contributed by atoms with Gasteiger partial charge in [0.15, 0.2) is 9.84 Å². The van der Waals surface area contributed by atoms with E-state index in [2.05, 4.69) is 0 Å². The Labute approximate surface area is 91.2 Å². The summed E-state index contributed by atoms with van der Waals surface area (Å²) in [5.41, 5.74) is 2.90. The SMILES string of the molecule is Cc1cc(C)c(S(=O)(=O)C2CC2)c(C)c1. The Morgan fingerprint density at radius 3 is 1.93 bits per heavy atom. The van der Waals surface area contributed by atoms with Crippen LogP contribution < -0.4 is 0 Å². The van der Waals surface area contributed by atoms with E-state index in [4.69, 9.17) is 0 Å². The molecule has 0 bridgehead atoms. The van der Waals surface area contributed by atoms with E-state index in [9.17, 15) is 8.42 Å². The molecule has 1 aromatic carbocycles. The van der Waals surface area contributed by atoms with Crippen molar-refractivity contribution >= 4 is 9.84 Å². The number of hydrogen-bond acceptors (Lipinski definition) is 2. The fourth-order valence-electron chi connectivity index (χ4n) is 2.16. The van der Waals surface area contributed by atoms with Crippen LogP contribution in [0.4, 0.5) is 0 Å². The second-order valence-electron chi connectivity index (χ2n) is 4.47. The molecule has 0 saturated heterocycles. The monoisotopic (exact) mass is 224 g/mol. The maximum Gasteiger partial charge on any atom is 0.181 e. The van der Waals surface area contributed by atoms with Crippen LogP contribution in [0.2, 0.25) is 0 Å². The first-order valence-electron chi connectivity index (χ1n) is 5.24. The Morgan fingerprint density at radius 2 is 1.53 bits per heavy atom. The maximum absolute atomic E-state index is 12.1. The van der Waals surface area contributed by atoms with Gasteiger partial charge in [0.1, 0.15) is 0 Å². The summed E-state index contributed by atoms with van der Waals surface area (Å²) in [7, 11) is -3.04. The Hall–Kier alpha value is -0.830. The highest BCUT2D eigenvalue weighted by molar-refractivity contribution is 7.92. The summed E-state index contributed by atoms with van der Waals surface area (Å²) in [5, 5.41) is -0.113. The summed E-state index contributed by atoms with van der Waals surface area (Å²) >= 11 is 0. The average molecular weight is 224 g/mol. The van der Waals surface area contributed by atoms with Crippen LogP contribution in [0.25, 0.3) is 0 Å². The molecule has 0 amide bonds. The van der Waals surface area contributed by atoms with Gasteiger partial charge in [-0.15, -0.1) is 0 Å². The van der Waals surface area contributed by atoms with Gasteiger partial charge < -0.3 is 0 Å². The van der Waals surface area contributed by atoms with Gasteiger partial charge in [-0.1, -0.05) is 17.7 Å². The van der Waals surface area contributed by atoms with Gasteiger partial charge in [-0.2, -0.15) is 0 Å². The van der Waals surface area contributed by atoms with Crippen molar-refractivity contribution in [2.24, 2.45) is 0 Å². The standard InChI is InChI=1S/C12H16O2S/c1-8-6-9(2)12(10(3)7-8)15(13,14)11-4-5-11/h6-7,11H,4-5H2,1-3H3. The summed E-state index contributed by atoms with van der Waals surface area (Å²) in [6.07, 6.45) is 1.66. The lowest BCUT2D eigenvalue weighted by molar-refractivity contribution is 0.593. The van der Waals surface area contributed by atoms with Gasteiger partial charge in [-0.05, 0) is 44.7 Å². The van der Waals surface area contributed by atoms with Crippen molar-refractivity contribution < 1.29 is 8.42 Å². The summed E-state index contributed by atoms with van der Waals surface area (Å²) in [6, 6.07) is 3.89. The van der Waals surface area contributed by atoms with E-state index in [1.54, 1.807) is 0 Å². The lowest BCUT2D eigenvalue weighted by Crippen LogP contribution is -2.11. The third kappa shape index (κ3) is 1.81. The van der Waals surface area contributed by atoms with Crippen molar-refractivity contribution in [3.05, 3.63) is 28.8 Å². The molecular weight excluding hydrogens is 208 g/mol. The van der Waals surface area contributed by atoms with E-state index in [0.717, 1.165) is 29.5 Å². The number of benzene rings is 1. The van der Waals surface area contributed by atoms with Crippen LogP contribution >= 0.6 is 0 Å². The zero-order chi connectivity index (χ0) is 11.2. The smallest absolute Gasteiger partial charge is 0.181 e. The molecule has 1 aliphatic rings. The van der Waals surface area contributed by atoms with Crippen LogP contribution in [0.3, 0.4) is 0 Å². The van der Waals surface area contributed by atoms with Crippen molar-refractivity contribution in [2.75, 3.05) is 0 Å². The predicted octanol–water partition coefficient (Wildman–Crippen LogP) is 2.55. The topological polar surface area (TPSA) is 34.1 Å². The number of rotatable bonds is 2. The molecule has 0 aromatic heterocycles. The van der Waals surface area contributed by atoms with Crippen molar-refractivity contribution in [2.45, 2.75) is 43.8 Å². The molecule has 0 heterocycles. The molecule has 1 saturated carbocycles. The first-order valence-corrected chi connectivity index (χ1v) is 6.79. The minimum atomic E-state index is -3.04. The third-order valence-corrected chi connectivity index (χ3v) is 5.41. The summed E-state index contributed by atoms with van der Waals surface area (Å²) in [6.45, 7) is 5.76. The fourth-order valence-corrected chi connectivity index (χ4v) is 4.27. The Bertz CT molecular complexity index is 473. The molecule has 2 rings (SSSR count). The first-order chi connectivity index (χ1) is 6.93. The molecule has 82 valence electrons. The zero-order valence-corrected chi connectivity index (χ0v) is 10.2. The largest absolute Gasteiger partial charge is 0.223 e. The van der Waals surface area contributed by atoms with Gasteiger partial charge in [0.05, 0.1) is 10.1 Å². The quantitative estimate of drug-likeness (QED) is 0.773. The number of hydrogen-bond donors (Lipinski definition) is 0. The average Bonchev–Trinajstić information content (AvgIpc) is 2.81. The van der Waals surface area contributed by atoms with Gasteiger partial charge in [-0.3, -0.25) is 0 Å². The molecule has 1 aliphatic carbocycles. The minimum absolute atomic E-state index is 0.113. The highest BCUT2D eigenvalue weighted by Gasteiger charge is 2.38. The Morgan fingerprint density at radius 1 is 1.07 bits per heavy atom. The normalized spacial score (nSPS) is 16.7. The van der Waals surface area contributed by atoms with Gasteiger partial charge in [0.25, 0.3) is 0 Å². The molecule has 0 spiro atoms. The van der Waals surface area contributed by atoms with E-state index < -0.39 is 9.84 Å². The second-order valence-corrected chi connectivity index (χ2v) is 6.64. The molecular formula is C12H16O2S. The third-order valence-electron chi connectivity index (χ3n) is 2.85. The van der Waals surface area contributed by atoms with Crippen LogP contribution in [0.1, 0.15) is 29.5 Å². The number of sulfone groups is 1. The lowest BCUT2D eigenvalue weighted by Gasteiger charge is -2.11. The van der Waals surface area contributed by atoms with Crippen molar-refractivity contribution in [1.29, 1.82) is 0 Å². The van der Waals surface area contributed by atoms with E-state index in [1.165, 1.54) is 0 Å². The van der Waals surface area contributed by atoms with Crippen molar-refractivity contribution in [1.82, 2.24) is 0 Å². The van der Waals surface area contributed by atoms with E-state index >= 15 is 0 Å². The molecule has 0 unspecified atom stereocenters. The van der Waals surface area contributed by atoms with Crippen LogP contribution in [0, 0.1) is 20.8 Å². The maximum atomic E-state index is 12.1. The van der Waals surface area contributed by atoms with Crippen LogP contribution in [0.5, 0.6) is 0 Å². The predicted molar refractivity (Wildman–Crippen MR) is 60.9 cm³/mol. The molecule has 0 N–H and O–H groups in total. The molecule has 1 aromatic rings. The molecule has 15 heavy (non-hydrogen) atoms.